The standard InChI is InChI=1S/C35H47N5O3/c1-27-14-16-28(17-15-27)26-39(25-11-24-38-22-9-10-23-38)34(42)40(30-20-18-29(19-21-30)37(5)6)32-13-8-7-12-31(32)36-33(41)43-35(2,3)4/h7-8,12-21H,9-11,22-26H2,1-6H3,(H,36,41). The molecule has 0 aliphatic carbocycles. The van der Waals surface area contributed by atoms with E-state index in [4.69, 9.17) is 4.74 Å². The Hall–Kier alpha value is -4.04. The van der Waals surface area contributed by atoms with E-state index in [2.05, 4.69) is 41.4 Å². The number of nitrogens with zero attached hydrogens (tertiary/aromatic N) is 4. The fraction of sp³-hybridized carbons (Fsp3) is 0.429. The van der Waals surface area contributed by atoms with Crippen LogP contribution < -0.4 is 15.1 Å². The number of aryl methyl sites for hydroxylation is 1. The quantitative estimate of drug-likeness (QED) is 0.265. The zero-order valence-corrected chi connectivity index (χ0v) is 26.6. The van der Waals surface area contributed by atoms with Crippen LogP contribution in [0.15, 0.2) is 72.8 Å². The Balaban J connectivity index is 1.71. The van der Waals surface area contributed by atoms with Crippen LogP contribution in [0.1, 0.15) is 51.2 Å². The molecule has 8 nitrogen and oxygen atoms in total. The number of carbonyl (C=O) groups excluding carboxylic acids is 2. The number of para-hydroxylation sites is 2. The van der Waals surface area contributed by atoms with Crippen molar-refractivity contribution in [1.82, 2.24) is 9.80 Å². The van der Waals surface area contributed by atoms with E-state index in [1.807, 2.05) is 87.1 Å². The largest absolute Gasteiger partial charge is 0.444 e. The molecule has 1 heterocycles. The van der Waals surface area contributed by atoms with Crippen LogP contribution in [0.5, 0.6) is 0 Å². The van der Waals surface area contributed by atoms with Crippen LogP contribution in [0.2, 0.25) is 0 Å². The first-order chi connectivity index (χ1) is 20.5. The van der Waals surface area contributed by atoms with E-state index in [0.29, 0.717) is 30.2 Å². The van der Waals surface area contributed by atoms with Crippen LogP contribution in [-0.4, -0.2) is 67.8 Å². The summed E-state index contributed by atoms with van der Waals surface area (Å²) in [6, 6.07) is 23.5. The van der Waals surface area contributed by atoms with Crippen molar-refractivity contribution in [3.8, 4) is 0 Å². The molecule has 4 rings (SSSR count). The smallest absolute Gasteiger partial charge is 0.412 e. The topological polar surface area (TPSA) is 68.4 Å². The zero-order valence-electron chi connectivity index (χ0n) is 26.6. The number of benzene rings is 3. The molecule has 0 bridgehead atoms. The van der Waals surface area contributed by atoms with Crippen molar-refractivity contribution >= 4 is 34.9 Å². The van der Waals surface area contributed by atoms with Gasteiger partial charge in [-0.15, -0.1) is 0 Å². The summed E-state index contributed by atoms with van der Waals surface area (Å²) in [5.74, 6) is 0. The van der Waals surface area contributed by atoms with E-state index >= 15 is 0 Å². The highest BCUT2D eigenvalue weighted by Crippen LogP contribution is 2.35. The van der Waals surface area contributed by atoms with Gasteiger partial charge in [0.2, 0.25) is 0 Å². The molecule has 3 aromatic rings. The summed E-state index contributed by atoms with van der Waals surface area (Å²) in [5.41, 5.74) is 4.40. The van der Waals surface area contributed by atoms with Crippen LogP contribution in [0, 0.1) is 6.92 Å². The lowest BCUT2D eigenvalue weighted by Crippen LogP contribution is -2.42. The van der Waals surface area contributed by atoms with Gasteiger partial charge in [-0.25, -0.2) is 9.59 Å². The summed E-state index contributed by atoms with van der Waals surface area (Å²) in [6.45, 7) is 11.8. The average Bonchev–Trinajstić information content (AvgIpc) is 3.47. The predicted octanol–water partition coefficient (Wildman–Crippen LogP) is 7.65. The number of anilines is 4. The Labute approximate surface area is 257 Å². The van der Waals surface area contributed by atoms with E-state index in [1.54, 1.807) is 11.0 Å². The SMILES string of the molecule is Cc1ccc(CN(CCCN2CCCC2)C(=O)N(c2ccc(N(C)C)cc2)c2ccccc2NC(=O)OC(C)(C)C)cc1. The molecule has 1 saturated heterocycles. The molecule has 0 spiro atoms. The molecule has 230 valence electrons. The van der Waals surface area contributed by atoms with Gasteiger partial charge in [-0.3, -0.25) is 10.2 Å². The summed E-state index contributed by atoms with van der Waals surface area (Å²) in [7, 11) is 3.98. The third kappa shape index (κ3) is 9.22. The van der Waals surface area contributed by atoms with E-state index in [0.717, 1.165) is 37.3 Å². The third-order valence-electron chi connectivity index (χ3n) is 7.46. The van der Waals surface area contributed by atoms with Gasteiger partial charge in [-0.2, -0.15) is 0 Å². The second-order valence-electron chi connectivity index (χ2n) is 12.5. The minimum Gasteiger partial charge on any atom is -0.444 e. The molecule has 1 N–H and O–H groups in total. The maximum absolute atomic E-state index is 14.7. The van der Waals surface area contributed by atoms with Crippen molar-refractivity contribution in [3.63, 3.8) is 0 Å². The molecule has 1 aliphatic heterocycles. The molecule has 0 unspecified atom stereocenters. The first kappa shape index (κ1) is 31.9. The Kier molecular flexibility index (Phi) is 10.7. The van der Waals surface area contributed by atoms with Gasteiger partial charge in [0.05, 0.1) is 17.1 Å². The Bertz CT molecular complexity index is 1340. The molecule has 1 fully saturated rings. The number of ether oxygens (including phenoxy) is 1. The fourth-order valence-electron chi connectivity index (χ4n) is 5.23. The zero-order chi connectivity index (χ0) is 31.0. The number of urea groups is 1. The highest BCUT2D eigenvalue weighted by molar-refractivity contribution is 6.04. The second kappa shape index (κ2) is 14.4. The monoisotopic (exact) mass is 585 g/mol. The Morgan fingerprint density at radius 2 is 1.51 bits per heavy atom. The first-order valence-corrected chi connectivity index (χ1v) is 15.2. The van der Waals surface area contributed by atoms with Crippen LogP contribution in [0.4, 0.5) is 32.3 Å². The van der Waals surface area contributed by atoms with E-state index in [9.17, 15) is 9.59 Å². The molecule has 3 amide bonds. The van der Waals surface area contributed by atoms with E-state index in [1.165, 1.54) is 18.4 Å². The van der Waals surface area contributed by atoms with Crippen LogP contribution in [0.25, 0.3) is 0 Å². The number of rotatable bonds is 10. The fourth-order valence-corrected chi connectivity index (χ4v) is 5.23. The molecule has 0 atom stereocenters. The number of hydrogen-bond acceptors (Lipinski definition) is 5. The lowest BCUT2D eigenvalue weighted by atomic mass is 10.1. The average molecular weight is 586 g/mol. The van der Waals surface area contributed by atoms with Crippen LogP contribution >= 0.6 is 0 Å². The van der Waals surface area contributed by atoms with Crippen molar-refractivity contribution in [2.75, 3.05) is 55.4 Å². The van der Waals surface area contributed by atoms with Crippen molar-refractivity contribution in [2.45, 2.75) is 59.1 Å². The van der Waals surface area contributed by atoms with Crippen molar-refractivity contribution in [1.29, 1.82) is 0 Å². The highest BCUT2D eigenvalue weighted by Gasteiger charge is 2.28. The number of likely N-dealkylation sites (tertiary alicyclic amines) is 1. The maximum Gasteiger partial charge on any atom is 0.412 e. The minimum absolute atomic E-state index is 0.155. The molecule has 0 saturated carbocycles. The van der Waals surface area contributed by atoms with Gasteiger partial charge in [0.25, 0.3) is 0 Å². The summed E-state index contributed by atoms with van der Waals surface area (Å²) in [4.78, 5) is 35.7. The van der Waals surface area contributed by atoms with Crippen molar-refractivity contribution in [3.05, 3.63) is 83.9 Å². The molecule has 8 heteroatoms. The van der Waals surface area contributed by atoms with Crippen molar-refractivity contribution < 1.29 is 14.3 Å². The van der Waals surface area contributed by atoms with Gasteiger partial charge in [0.15, 0.2) is 0 Å². The van der Waals surface area contributed by atoms with Crippen LogP contribution in [0.3, 0.4) is 0 Å². The number of hydrogen-bond donors (Lipinski definition) is 1. The summed E-state index contributed by atoms with van der Waals surface area (Å²) in [6.07, 6.45) is 2.79. The van der Waals surface area contributed by atoms with Gasteiger partial charge in [0, 0.05) is 32.9 Å². The molecule has 43 heavy (non-hydrogen) atoms. The van der Waals surface area contributed by atoms with Crippen LogP contribution in [-0.2, 0) is 11.3 Å². The van der Waals surface area contributed by atoms with Gasteiger partial charge in [-0.1, -0.05) is 42.0 Å². The predicted molar refractivity (Wildman–Crippen MR) is 176 cm³/mol. The van der Waals surface area contributed by atoms with E-state index in [-0.39, 0.29) is 6.03 Å². The lowest BCUT2D eigenvalue weighted by molar-refractivity contribution is 0.0636. The maximum atomic E-state index is 14.7. The normalized spacial score (nSPS) is 13.4. The van der Waals surface area contributed by atoms with E-state index < -0.39 is 11.7 Å². The van der Waals surface area contributed by atoms with Gasteiger partial charge in [0.1, 0.15) is 5.60 Å². The lowest BCUT2D eigenvalue weighted by Gasteiger charge is -2.33. The number of amides is 3. The molecule has 0 radical (unpaired) electrons. The Morgan fingerprint density at radius 1 is 0.884 bits per heavy atom. The Morgan fingerprint density at radius 3 is 2.14 bits per heavy atom. The number of nitrogens with one attached hydrogen (secondary N) is 1. The molecular formula is C35H47N5O3. The first-order valence-electron chi connectivity index (χ1n) is 15.2. The summed E-state index contributed by atoms with van der Waals surface area (Å²) < 4.78 is 5.55. The molecule has 1 aliphatic rings. The highest BCUT2D eigenvalue weighted by atomic mass is 16.6. The third-order valence-corrected chi connectivity index (χ3v) is 7.46. The second-order valence-corrected chi connectivity index (χ2v) is 12.5. The molecular weight excluding hydrogens is 538 g/mol. The number of carbonyl (C=O) groups is 2. The van der Waals surface area contributed by atoms with Gasteiger partial charge < -0.3 is 19.4 Å². The minimum atomic E-state index is -0.656. The van der Waals surface area contributed by atoms with Crippen molar-refractivity contribution in [2.24, 2.45) is 0 Å². The van der Waals surface area contributed by atoms with Gasteiger partial charge in [-0.05, 0) is 109 Å². The summed E-state index contributed by atoms with van der Waals surface area (Å²) >= 11 is 0. The summed E-state index contributed by atoms with van der Waals surface area (Å²) in [5, 5.41) is 2.89. The molecule has 0 aromatic heterocycles. The molecule has 3 aromatic carbocycles. The van der Waals surface area contributed by atoms with Gasteiger partial charge >= 0.3 is 12.1 Å².